The fourth-order valence-electron chi connectivity index (χ4n) is 3.15. The normalized spacial score (nSPS) is 16.8. The lowest BCUT2D eigenvalue weighted by molar-refractivity contribution is 0.0531. The zero-order chi connectivity index (χ0) is 16.8. The van der Waals surface area contributed by atoms with Gasteiger partial charge < -0.3 is 15.8 Å². The summed E-state index contributed by atoms with van der Waals surface area (Å²) in [6.45, 7) is 4.28. The predicted octanol–water partition coefficient (Wildman–Crippen LogP) is 4.09. The Bertz CT molecular complexity index is 680. The molecule has 1 fully saturated rings. The van der Waals surface area contributed by atoms with Gasteiger partial charge in [0.05, 0.1) is 6.54 Å². The summed E-state index contributed by atoms with van der Waals surface area (Å²) >= 11 is 0. The minimum atomic E-state index is 0. The van der Waals surface area contributed by atoms with Crippen molar-refractivity contribution in [1.82, 2.24) is 0 Å². The van der Waals surface area contributed by atoms with Crippen molar-refractivity contribution < 1.29 is 4.74 Å². The molecule has 0 radical (unpaired) electrons. The summed E-state index contributed by atoms with van der Waals surface area (Å²) in [4.78, 5) is 4.64. The summed E-state index contributed by atoms with van der Waals surface area (Å²) in [7, 11) is 0. The molecule has 0 aromatic heterocycles. The van der Waals surface area contributed by atoms with E-state index in [1.807, 2.05) is 18.2 Å². The molecule has 0 amide bonds. The highest BCUT2D eigenvalue weighted by molar-refractivity contribution is 14.0. The number of halogens is 1. The number of rotatable bonds is 4. The van der Waals surface area contributed by atoms with Gasteiger partial charge in [-0.05, 0) is 37.5 Å². The van der Waals surface area contributed by atoms with Crippen LogP contribution < -0.4 is 11.1 Å². The highest BCUT2D eigenvalue weighted by Crippen LogP contribution is 2.35. The fourth-order valence-corrected chi connectivity index (χ4v) is 3.15. The molecule has 0 bridgehead atoms. The van der Waals surface area contributed by atoms with Gasteiger partial charge in [-0.3, -0.25) is 4.99 Å². The summed E-state index contributed by atoms with van der Waals surface area (Å²) < 4.78 is 5.56. The zero-order valence-electron chi connectivity index (χ0n) is 14.6. The second-order valence-electron chi connectivity index (χ2n) is 6.45. The molecule has 3 rings (SSSR count). The molecule has 2 aromatic carbocycles. The van der Waals surface area contributed by atoms with E-state index in [9.17, 15) is 0 Å². The van der Waals surface area contributed by atoms with E-state index >= 15 is 0 Å². The molecule has 134 valence electrons. The zero-order valence-corrected chi connectivity index (χ0v) is 16.9. The van der Waals surface area contributed by atoms with Crippen LogP contribution in [0.15, 0.2) is 59.6 Å². The van der Waals surface area contributed by atoms with Gasteiger partial charge in [-0.1, -0.05) is 48.0 Å². The Kier molecular flexibility index (Phi) is 7.25. The molecule has 1 heterocycles. The Morgan fingerprint density at radius 2 is 1.72 bits per heavy atom. The topological polar surface area (TPSA) is 59.6 Å². The summed E-state index contributed by atoms with van der Waals surface area (Å²) in [6.07, 6.45) is 1.94. The number of benzene rings is 2. The number of anilines is 1. The first kappa shape index (κ1) is 19.7. The quantitative estimate of drug-likeness (QED) is 0.418. The fraction of sp³-hybridized carbons (Fsp3) is 0.350. The first-order valence-electron chi connectivity index (χ1n) is 8.45. The summed E-state index contributed by atoms with van der Waals surface area (Å²) in [5, 5.41) is 3.17. The molecule has 0 atom stereocenters. The molecule has 1 aliphatic heterocycles. The minimum absolute atomic E-state index is 0. The molecule has 5 heteroatoms. The highest BCUT2D eigenvalue weighted by atomic mass is 127. The Balaban J connectivity index is 0.00000225. The van der Waals surface area contributed by atoms with Gasteiger partial charge in [0.2, 0.25) is 0 Å². The second-order valence-corrected chi connectivity index (χ2v) is 6.45. The van der Waals surface area contributed by atoms with E-state index in [-0.39, 0.29) is 29.4 Å². The summed E-state index contributed by atoms with van der Waals surface area (Å²) in [5.41, 5.74) is 9.62. The van der Waals surface area contributed by atoms with E-state index in [0.717, 1.165) is 31.7 Å². The van der Waals surface area contributed by atoms with Gasteiger partial charge in [0.1, 0.15) is 0 Å². The standard InChI is InChI=1S/C20H25N3O.HI/c1-16-7-9-18(10-8-16)23-19(21)22-15-20(11-13-24-14-12-20)17-5-3-2-4-6-17;/h2-10H,11-15H2,1H3,(H3,21,22,23);1H. The Morgan fingerprint density at radius 3 is 2.36 bits per heavy atom. The number of nitrogens with one attached hydrogen (secondary N) is 1. The molecule has 0 spiro atoms. The predicted molar refractivity (Wildman–Crippen MR) is 115 cm³/mol. The molecule has 0 unspecified atom stereocenters. The number of hydrogen-bond donors (Lipinski definition) is 2. The Morgan fingerprint density at radius 1 is 1.08 bits per heavy atom. The van der Waals surface area contributed by atoms with Crippen molar-refractivity contribution in [1.29, 1.82) is 0 Å². The lowest BCUT2D eigenvalue weighted by Gasteiger charge is -2.36. The molecule has 3 N–H and O–H groups in total. The van der Waals surface area contributed by atoms with Crippen LogP contribution in [0.5, 0.6) is 0 Å². The first-order valence-corrected chi connectivity index (χ1v) is 8.45. The van der Waals surface area contributed by atoms with Crippen LogP contribution in [-0.2, 0) is 10.2 Å². The second kappa shape index (κ2) is 9.20. The molecule has 2 aromatic rings. The van der Waals surface area contributed by atoms with E-state index in [1.54, 1.807) is 0 Å². The van der Waals surface area contributed by atoms with Crippen molar-refractivity contribution in [2.24, 2.45) is 10.7 Å². The molecule has 4 nitrogen and oxygen atoms in total. The molecular formula is C20H26IN3O. The lowest BCUT2D eigenvalue weighted by atomic mass is 9.74. The number of aliphatic imine (C=N–C) groups is 1. The Labute approximate surface area is 166 Å². The summed E-state index contributed by atoms with van der Waals surface area (Å²) in [6, 6.07) is 18.7. The van der Waals surface area contributed by atoms with Crippen molar-refractivity contribution >= 4 is 35.6 Å². The van der Waals surface area contributed by atoms with Crippen LogP contribution in [-0.4, -0.2) is 25.7 Å². The van der Waals surface area contributed by atoms with Gasteiger partial charge in [-0.25, -0.2) is 0 Å². The molecule has 25 heavy (non-hydrogen) atoms. The van der Waals surface area contributed by atoms with E-state index in [0.29, 0.717) is 12.5 Å². The van der Waals surface area contributed by atoms with Gasteiger partial charge in [-0.15, -0.1) is 24.0 Å². The van der Waals surface area contributed by atoms with Crippen LogP contribution in [0.2, 0.25) is 0 Å². The number of hydrogen-bond acceptors (Lipinski definition) is 2. The summed E-state index contributed by atoms with van der Waals surface area (Å²) in [5.74, 6) is 0.459. The van der Waals surface area contributed by atoms with E-state index < -0.39 is 0 Å². The smallest absolute Gasteiger partial charge is 0.193 e. The van der Waals surface area contributed by atoms with E-state index in [1.165, 1.54) is 11.1 Å². The lowest BCUT2D eigenvalue weighted by Crippen LogP contribution is -2.38. The van der Waals surface area contributed by atoms with Crippen molar-refractivity contribution in [2.45, 2.75) is 25.2 Å². The minimum Gasteiger partial charge on any atom is -0.381 e. The SMILES string of the molecule is Cc1ccc(NC(N)=NCC2(c3ccccc3)CCOCC2)cc1.I. The maximum Gasteiger partial charge on any atom is 0.193 e. The molecule has 1 saturated heterocycles. The molecular weight excluding hydrogens is 425 g/mol. The third-order valence-corrected chi connectivity index (χ3v) is 4.71. The van der Waals surface area contributed by atoms with E-state index in [4.69, 9.17) is 10.5 Å². The Hall–Kier alpha value is -1.60. The van der Waals surface area contributed by atoms with Crippen LogP contribution in [0.1, 0.15) is 24.0 Å². The van der Waals surface area contributed by atoms with Gasteiger partial charge in [0.15, 0.2) is 5.96 Å². The van der Waals surface area contributed by atoms with Crippen LogP contribution in [0.4, 0.5) is 5.69 Å². The van der Waals surface area contributed by atoms with Gasteiger partial charge in [0.25, 0.3) is 0 Å². The number of aryl methyl sites for hydroxylation is 1. The van der Waals surface area contributed by atoms with Crippen molar-refractivity contribution in [2.75, 3.05) is 25.1 Å². The average Bonchev–Trinajstić information content (AvgIpc) is 2.63. The maximum absolute atomic E-state index is 6.11. The number of ether oxygens (including phenoxy) is 1. The van der Waals surface area contributed by atoms with Gasteiger partial charge in [0, 0.05) is 24.3 Å². The average molecular weight is 451 g/mol. The van der Waals surface area contributed by atoms with Crippen LogP contribution in [0.25, 0.3) is 0 Å². The third-order valence-electron chi connectivity index (χ3n) is 4.71. The third kappa shape index (κ3) is 5.19. The molecule has 0 aliphatic carbocycles. The van der Waals surface area contributed by atoms with Crippen LogP contribution >= 0.6 is 24.0 Å². The van der Waals surface area contributed by atoms with Crippen molar-refractivity contribution in [3.05, 3.63) is 65.7 Å². The number of guanidine groups is 1. The molecule has 1 aliphatic rings. The largest absolute Gasteiger partial charge is 0.381 e. The first-order chi connectivity index (χ1) is 11.7. The van der Waals surface area contributed by atoms with Gasteiger partial charge >= 0.3 is 0 Å². The molecule has 0 saturated carbocycles. The van der Waals surface area contributed by atoms with E-state index in [2.05, 4.69) is 53.6 Å². The van der Waals surface area contributed by atoms with Crippen molar-refractivity contribution in [3.8, 4) is 0 Å². The number of nitrogens with two attached hydrogens (primary N) is 1. The number of nitrogens with zero attached hydrogens (tertiary/aromatic N) is 1. The van der Waals surface area contributed by atoms with Crippen molar-refractivity contribution in [3.63, 3.8) is 0 Å². The maximum atomic E-state index is 6.11. The highest BCUT2D eigenvalue weighted by Gasteiger charge is 2.34. The van der Waals surface area contributed by atoms with Gasteiger partial charge in [-0.2, -0.15) is 0 Å². The monoisotopic (exact) mass is 451 g/mol. The van der Waals surface area contributed by atoms with Crippen LogP contribution in [0, 0.1) is 6.92 Å². The van der Waals surface area contributed by atoms with Crippen LogP contribution in [0.3, 0.4) is 0 Å².